The Kier molecular flexibility index (Phi) is 7.53. The van der Waals surface area contributed by atoms with E-state index in [-0.39, 0.29) is 29.9 Å². The van der Waals surface area contributed by atoms with Crippen molar-refractivity contribution in [1.29, 1.82) is 0 Å². The highest BCUT2D eigenvalue weighted by atomic mass is 32.1. The van der Waals surface area contributed by atoms with Crippen LogP contribution in [0, 0.1) is 11.8 Å². The fraction of sp³-hybridized carbons (Fsp3) is 0.163. The number of amides is 2. The molecule has 5 aliphatic rings. The van der Waals surface area contributed by atoms with Crippen molar-refractivity contribution < 1.29 is 19.1 Å². The Morgan fingerprint density at radius 1 is 0.741 bits per heavy atom. The second-order valence-corrected chi connectivity index (χ2v) is 16.4. The molecule has 0 N–H and O–H groups in total. The summed E-state index contributed by atoms with van der Waals surface area (Å²) in [5, 5.41) is 3.62. The number of carbonyl (C=O) groups is 3. The maximum Gasteiger partial charge on any atom is 0.338 e. The zero-order valence-electron chi connectivity index (χ0n) is 31.6. The Bertz CT molecular complexity index is 3140. The molecular weight excluding hydrogens is 743 g/mol. The molecule has 58 heavy (non-hydrogen) atoms. The normalized spacial score (nSPS) is 23.1. The van der Waals surface area contributed by atoms with E-state index < -0.39 is 29.3 Å². The summed E-state index contributed by atoms with van der Waals surface area (Å²) in [5.74, 6) is -2.97. The maximum atomic E-state index is 15.4. The van der Waals surface area contributed by atoms with Gasteiger partial charge in [-0.3, -0.25) is 19.0 Å². The maximum absolute atomic E-state index is 15.4. The molecule has 3 aliphatic carbocycles. The number of hydrogen-bond acceptors (Lipinski definition) is 7. The van der Waals surface area contributed by atoms with E-state index in [1.807, 2.05) is 127 Å². The van der Waals surface area contributed by atoms with E-state index in [0.29, 0.717) is 26.3 Å². The van der Waals surface area contributed by atoms with E-state index in [4.69, 9.17) is 9.73 Å². The second kappa shape index (κ2) is 12.6. The van der Waals surface area contributed by atoms with Crippen LogP contribution in [-0.4, -0.2) is 29.0 Å². The molecule has 8 nitrogen and oxygen atoms in total. The molecule has 9 heteroatoms. The van der Waals surface area contributed by atoms with Gasteiger partial charge in [0.2, 0.25) is 11.8 Å². The summed E-state index contributed by atoms with van der Waals surface area (Å²) in [6, 6.07) is 42.6. The molecule has 0 unspecified atom stereocenters. The summed E-state index contributed by atoms with van der Waals surface area (Å²) < 4.78 is 7.59. The van der Waals surface area contributed by atoms with E-state index in [1.54, 1.807) is 18.4 Å². The van der Waals surface area contributed by atoms with Crippen LogP contribution in [0.3, 0.4) is 0 Å². The van der Waals surface area contributed by atoms with Gasteiger partial charge in [-0.25, -0.2) is 14.7 Å². The third kappa shape index (κ3) is 4.53. The minimum absolute atomic E-state index is 0.162. The number of fused-ring (bicyclic) bond motifs is 3. The van der Waals surface area contributed by atoms with Crippen molar-refractivity contribution in [3.63, 3.8) is 0 Å². The fourth-order valence-electron chi connectivity index (χ4n) is 10.5. The molecule has 1 aromatic heterocycles. The number of thiazole rings is 1. The number of benzene rings is 6. The first-order chi connectivity index (χ1) is 28.3. The molecule has 12 rings (SSSR count). The minimum atomic E-state index is -1.19. The largest absolute Gasteiger partial charge is 0.463 e. The van der Waals surface area contributed by atoms with Gasteiger partial charge in [0.25, 0.3) is 5.56 Å². The number of imide groups is 1. The molecule has 2 amide bonds. The van der Waals surface area contributed by atoms with Crippen LogP contribution in [0.5, 0.6) is 0 Å². The molecule has 1 saturated heterocycles. The van der Waals surface area contributed by atoms with Gasteiger partial charge in [0.05, 0.1) is 51.4 Å². The lowest BCUT2D eigenvalue weighted by Crippen LogP contribution is -2.53. The number of esters is 1. The second-order valence-electron chi connectivity index (χ2n) is 15.4. The number of anilines is 1. The highest BCUT2D eigenvalue weighted by molar-refractivity contribution is 7.07. The number of aromatic nitrogens is 1. The molecule has 0 spiro atoms. The zero-order valence-corrected chi connectivity index (χ0v) is 32.4. The lowest BCUT2D eigenvalue weighted by Gasteiger charge is -2.53. The van der Waals surface area contributed by atoms with Gasteiger partial charge in [0.15, 0.2) is 4.80 Å². The van der Waals surface area contributed by atoms with Crippen molar-refractivity contribution in [2.45, 2.75) is 31.2 Å². The van der Waals surface area contributed by atoms with E-state index >= 15 is 14.4 Å². The van der Waals surface area contributed by atoms with Crippen molar-refractivity contribution in [1.82, 2.24) is 4.57 Å². The first-order valence-electron chi connectivity index (χ1n) is 19.6. The Labute approximate surface area is 336 Å². The van der Waals surface area contributed by atoms with Gasteiger partial charge in [-0.1, -0.05) is 139 Å². The summed E-state index contributed by atoms with van der Waals surface area (Å²) >= 11 is 1.24. The van der Waals surface area contributed by atoms with Gasteiger partial charge < -0.3 is 4.74 Å². The van der Waals surface area contributed by atoms with Crippen LogP contribution in [0.25, 0.3) is 27.6 Å². The molecule has 0 saturated carbocycles. The van der Waals surface area contributed by atoms with E-state index in [2.05, 4.69) is 12.1 Å². The average molecular weight is 778 g/mol. The monoisotopic (exact) mass is 777 g/mol. The lowest BCUT2D eigenvalue weighted by molar-refractivity contribution is -0.139. The van der Waals surface area contributed by atoms with Crippen molar-refractivity contribution in [2.75, 3.05) is 11.5 Å². The molecule has 0 radical (unpaired) electrons. The molecule has 2 aliphatic heterocycles. The van der Waals surface area contributed by atoms with Crippen LogP contribution in [-0.2, 0) is 24.5 Å². The van der Waals surface area contributed by atoms with Gasteiger partial charge >= 0.3 is 5.97 Å². The van der Waals surface area contributed by atoms with E-state index in [9.17, 15) is 4.79 Å². The smallest absolute Gasteiger partial charge is 0.338 e. The minimum Gasteiger partial charge on any atom is -0.463 e. The Hall–Kier alpha value is -6.71. The summed E-state index contributed by atoms with van der Waals surface area (Å²) in [6.07, 6.45) is 1.95. The van der Waals surface area contributed by atoms with E-state index in [1.165, 1.54) is 16.2 Å². The zero-order chi connectivity index (χ0) is 39.4. The van der Waals surface area contributed by atoms with Crippen LogP contribution >= 0.6 is 11.3 Å². The molecule has 7 aromatic rings. The molecule has 3 atom stereocenters. The fourth-order valence-corrected chi connectivity index (χ4v) is 11.6. The van der Waals surface area contributed by atoms with Crippen molar-refractivity contribution in [3.05, 3.63) is 192 Å². The third-order valence-electron chi connectivity index (χ3n) is 12.7. The lowest BCUT2D eigenvalue weighted by atomic mass is 9.47. The Morgan fingerprint density at radius 3 is 2.03 bits per heavy atom. The number of rotatable bonds is 5. The number of hydrogen-bond donors (Lipinski definition) is 0. The van der Waals surface area contributed by atoms with Crippen LogP contribution < -0.4 is 19.8 Å². The van der Waals surface area contributed by atoms with Gasteiger partial charge in [-0.05, 0) is 70.0 Å². The van der Waals surface area contributed by atoms with Crippen LogP contribution in [0.2, 0.25) is 0 Å². The molecule has 3 heterocycles. The molecule has 6 aromatic carbocycles. The van der Waals surface area contributed by atoms with Crippen molar-refractivity contribution in [2.24, 2.45) is 16.8 Å². The number of ether oxygens (including phenoxy) is 1. The molecular formula is C49H35N3O5S. The van der Waals surface area contributed by atoms with Crippen LogP contribution in [0.4, 0.5) is 5.69 Å². The molecule has 282 valence electrons. The van der Waals surface area contributed by atoms with Gasteiger partial charge in [0.1, 0.15) is 0 Å². The van der Waals surface area contributed by atoms with Gasteiger partial charge in [-0.2, -0.15) is 0 Å². The van der Waals surface area contributed by atoms with Gasteiger partial charge in [0, 0.05) is 11.3 Å². The first kappa shape index (κ1) is 34.5. The quantitative estimate of drug-likeness (QED) is 0.135. The van der Waals surface area contributed by atoms with Crippen LogP contribution in [0.1, 0.15) is 53.6 Å². The predicted octanol–water partition coefficient (Wildman–Crippen LogP) is 7.31. The number of nitrogens with zero attached hydrogens (tertiary/aromatic N) is 3. The molecule has 2 bridgehead atoms. The standard InChI is InChI=1S/C49H35N3O5S/c1-3-57-47(56)39-27(2)50-48-52(43(39)32-22-12-16-28-14-4-6-18-30(28)32)44(53)38(58-48)26-49-35-23-10-8-20-33(35)40(34-21-9-11-24-36(34)49)41-42(49)46(55)51(45(41)54)37-25-13-17-29-15-5-7-19-31(29)37/h4-26,40-43H,3H2,1-2H3/b38-26+/t40?,41-,42+,43-,49?/m0/s1. The SMILES string of the molecule is CCOC(=O)C1=C(C)N=c2s/c(=C/C34c5ccccc5C(c5ccccc53)[C@@H]3C(=O)N(c5cccc6ccccc56)C(=O)[C@@H]34)c(=O)n2[C@H]1c1cccc2ccccc12. The number of carbonyl (C=O) groups excluding carboxylic acids is 3. The summed E-state index contributed by atoms with van der Waals surface area (Å²) in [6.45, 7) is 3.70. The highest BCUT2D eigenvalue weighted by Gasteiger charge is 2.67. The first-order valence-corrected chi connectivity index (χ1v) is 20.4. The summed E-state index contributed by atoms with van der Waals surface area (Å²) in [5.41, 5.74) is 4.33. The average Bonchev–Trinajstić information content (AvgIpc) is 3.70. The van der Waals surface area contributed by atoms with Crippen LogP contribution in [0.15, 0.2) is 155 Å². The van der Waals surface area contributed by atoms with Crippen molar-refractivity contribution in [3.8, 4) is 0 Å². The summed E-state index contributed by atoms with van der Waals surface area (Å²) in [4.78, 5) is 66.4. The highest BCUT2D eigenvalue weighted by Crippen LogP contribution is 2.65. The predicted molar refractivity (Wildman–Crippen MR) is 224 cm³/mol. The van der Waals surface area contributed by atoms with Crippen molar-refractivity contribution >= 4 is 62.4 Å². The Morgan fingerprint density at radius 2 is 1.33 bits per heavy atom. The van der Waals surface area contributed by atoms with Gasteiger partial charge in [-0.15, -0.1) is 0 Å². The Balaban J connectivity index is 1.19. The summed E-state index contributed by atoms with van der Waals surface area (Å²) in [7, 11) is 0. The van der Waals surface area contributed by atoms with E-state index in [0.717, 1.165) is 49.4 Å². The third-order valence-corrected chi connectivity index (χ3v) is 13.7. The molecule has 1 fully saturated rings. The number of allylic oxidation sites excluding steroid dienone is 1. The topological polar surface area (TPSA) is 98.0 Å².